The van der Waals surface area contributed by atoms with Crippen molar-refractivity contribution in [2.75, 3.05) is 50.9 Å². The minimum Gasteiger partial charge on any atom is -0.481 e. The van der Waals surface area contributed by atoms with Gasteiger partial charge in [0.1, 0.15) is 17.6 Å². The highest BCUT2D eigenvalue weighted by Crippen LogP contribution is 2.48. The van der Waals surface area contributed by atoms with Crippen LogP contribution < -0.4 is 16.0 Å². The van der Waals surface area contributed by atoms with Gasteiger partial charge in [0.25, 0.3) is 5.91 Å². The number of hydrogen-bond donors (Lipinski definition) is 4. The van der Waals surface area contributed by atoms with Crippen LogP contribution in [0, 0.1) is 0 Å². The second-order valence-corrected chi connectivity index (χ2v) is 12.5. The first-order chi connectivity index (χ1) is 21.0. The number of anilines is 1. The minimum atomic E-state index is -3.64. The molecule has 1 aliphatic heterocycles. The van der Waals surface area contributed by atoms with E-state index in [0.717, 1.165) is 18.4 Å². The SMILES string of the molecule is CCCCC(=O)O.CCOP(=O)(CC(NC(=O)c1cc(NC(C)C)nc(-c2ccccc2)n1)C(=O)N1CCNCC1)OCC. The Morgan fingerprint density at radius 2 is 1.68 bits per heavy atom. The molecule has 0 radical (unpaired) electrons. The molecule has 13 nitrogen and oxygen atoms in total. The van der Waals surface area contributed by atoms with E-state index in [1.807, 2.05) is 51.1 Å². The van der Waals surface area contributed by atoms with Gasteiger partial charge in [-0.05, 0) is 34.1 Å². The summed E-state index contributed by atoms with van der Waals surface area (Å²) in [6.45, 7) is 11.8. The van der Waals surface area contributed by atoms with Gasteiger partial charge in [-0.1, -0.05) is 43.7 Å². The molecule has 0 bridgehead atoms. The number of rotatable bonds is 15. The van der Waals surface area contributed by atoms with Crippen molar-refractivity contribution >= 4 is 31.2 Å². The monoisotopic (exact) mass is 634 g/mol. The Hall–Kier alpha value is -3.38. The summed E-state index contributed by atoms with van der Waals surface area (Å²) in [4.78, 5) is 47.4. The molecule has 44 heavy (non-hydrogen) atoms. The molecule has 1 aromatic carbocycles. The van der Waals surface area contributed by atoms with Gasteiger partial charge >= 0.3 is 13.6 Å². The summed E-state index contributed by atoms with van der Waals surface area (Å²) in [5.74, 6) is -0.766. The highest BCUT2D eigenvalue weighted by Gasteiger charge is 2.36. The third-order valence-corrected chi connectivity index (χ3v) is 8.38. The standard InChI is InChI=1S/C25H37N6O5P.C5H10O2/c1-5-35-37(34,36-6-2)17-21(25(33)31-14-12-26-13-15-31)29-24(32)20-16-22(27-18(3)4)30-23(28-20)19-10-8-7-9-11-19;1-2-3-4-5(6)7/h7-11,16,18,21,26H,5-6,12-15,17H2,1-4H3,(H,29,32)(H,27,28,30);2-4H2,1H3,(H,6,7). The van der Waals surface area contributed by atoms with Gasteiger partial charge in [0.15, 0.2) is 5.82 Å². The molecule has 1 atom stereocenters. The number of nitrogens with zero attached hydrogens (tertiary/aromatic N) is 3. The average Bonchev–Trinajstić information content (AvgIpc) is 3.00. The summed E-state index contributed by atoms with van der Waals surface area (Å²) in [6.07, 6.45) is 1.80. The Kier molecular flexibility index (Phi) is 16.0. The van der Waals surface area contributed by atoms with Crippen LogP contribution in [0.4, 0.5) is 5.82 Å². The first-order valence-electron chi connectivity index (χ1n) is 15.1. The number of benzene rings is 1. The molecule has 244 valence electrons. The number of piperazine rings is 1. The largest absolute Gasteiger partial charge is 0.481 e. The smallest absolute Gasteiger partial charge is 0.333 e. The van der Waals surface area contributed by atoms with Crippen LogP contribution in [0.2, 0.25) is 0 Å². The molecule has 14 heteroatoms. The zero-order valence-corrected chi connectivity index (χ0v) is 27.3. The van der Waals surface area contributed by atoms with E-state index in [4.69, 9.17) is 14.2 Å². The highest BCUT2D eigenvalue weighted by atomic mass is 31.2. The van der Waals surface area contributed by atoms with Gasteiger partial charge in [0.05, 0.1) is 19.4 Å². The first-order valence-corrected chi connectivity index (χ1v) is 16.9. The maximum Gasteiger partial charge on any atom is 0.333 e. The van der Waals surface area contributed by atoms with E-state index in [1.165, 1.54) is 0 Å². The molecule has 1 aliphatic rings. The second-order valence-electron chi connectivity index (χ2n) is 10.4. The number of nitrogens with one attached hydrogen (secondary N) is 3. The lowest BCUT2D eigenvalue weighted by Gasteiger charge is -2.32. The van der Waals surface area contributed by atoms with Crippen LogP contribution in [-0.4, -0.2) is 95.4 Å². The first kappa shape index (κ1) is 36.8. The van der Waals surface area contributed by atoms with Gasteiger partial charge < -0.3 is 35.0 Å². The maximum atomic E-state index is 13.5. The number of hydrogen-bond acceptors (Lipinski definition) is 10. The Balaban J connectivity index is 0.000000860. The van der Waals surface area contributed by atoms with E-state index in [1.54, 1.807) is 24.8 Å². The van der Waals surface area contributed by atoms with E-state index < -0.39 is 25.5 Å². The summed E-state index contributed by atoms with van der Waals surface area (Å²) in [5.41, 5.74) is 0.826. The molecule has 1 aromatic heterocycles. The Morgan fingerprint density at radius 3 is 2.20 bits per heavy atom. The highest BCUT2D eigenvalue weighted by molar-refractivity contribution is 7.54. The van der Waals surface area contributed by atoms with Crippen LogP contribution >= 0.6 is 7.60 Å². The fourth-order valence-electron chi connectivity index (χ4n) is 4.26. The lowest BCUT2D eigenvalue weighted by atomic mass is 10.2. The summed E-state index contributed by atoms with van der Waals surface area (Å²) >= 11 is 0. The number of aliphatic carboxylic acids is 1. The summed E-state index contributed by atoms with van der Waals surface area (Å²) in [5, 5.41) is 17.2. The molecular formula is C30H47N6O7P. The van der Waals surface area contributed by atoms with Gasteiger partial charge in [-0.25, -0.2) is 9.97 Å². The van der Waals surface area contributed by atoms with Gasteiger partial charge in [-0.15, -0.1) is 0 Å². The predicted octanol–water partition coefficient (Wildman–Crippen LogP) is 4.02. The van der Waals surface area contributed by atoms with Crippen LogP contribution in [0.25, 0.3) is 11.4 Å². The molecule has 1 saturated heterocycles. The number of aromatic nitrogens is 2. The average molecular weight is 635 g/mol. The van der Waals surface area contributed by atoms with E-state index in [0.29, 0.717) is 44.2 Å². The van der Waals surface area contributed by atoms with Crippen molar-refractivity contribution < 1.29 is 33.1 Å². The minimum absolute atomic E-state index is 0.0692. The van der Waals surface area contributed by atoms with Crippen LogP contribution in [0.3, 0.4) is 0 Å². The number of carboxylic acid groups (broad SMARTS) is 1. The van der Waals surface area contributed by atoms with Crippen molar-refractivity contribution in [2.45, 2.75) is 66.0 Å². The van der Waals surface area contributed by atoms with E-state index in [9.17, 15) is 18.9 Å². The number of unbranched alkanes of at least 4 members (excludes halogenated alkanes) is 1. The molecule has 3 rings (SSSR count). The third kappa shape index (κ3) is 12.7. The molecule has 0 saturated carbocycles. The maximum absolute atomic E-state index is 13.5. The molecule has 2 amide bonds. The van der Waals surface area contributed by atoms with Crippen LogP contribution in [0.1, 0.15) is 64.4 Å². The number of carbonyl (C=O) groups excluding carboxylic acids is 2. The quantitative estimate of drug-likeness (QED) is 0.209. The molecule has 4 N–H and O–H groups in total. The molecule has 2 heterocycles. The summed E-state index contributed by atoms with van der Waals surface area (Å²) < 4.78 is 24.2. The van der Waals surface area contributed by atoms with E-state index in [2.05, 4.69) is 25.9 Å². The molecule has 1 fully saturated rings. The Morgan fingerprint density at radius 1 is 1.05 bits per heavy atom. The Labute approximate surface area is 260 Å². The summed E-state index contributed by atoms with van der Waals surface area (Å²) in [6, 6.07) is 9.81. The zero-order chi connectivity index (χ0) is 32.5. The van der Waals surface area contributed by atoms with E-state index in [-0.39, 0.29) is 37.0 Å². The third-order valence-electron chi connectivity index (χ3n) is 6.26. The summed E-state index contributed by atoms with van der Waals surface area (Å²) in [7, 11) is -3.64. The number of carbonyl (C=O) groups is 3. The number of amides is 2. The topological polar surface area (TPSA) is 172 Å². The Bertz CT molecular complexity index is 1230. The number of carboxylic acids is 1. The normalized spacial score (nSPS) is 13.9. The van der Waals surface area contributed by atoms with Crippen molar-refractivity contribution in [3.63, 3.8) is 0 Å². The zero-order valence-electron chi connectivity index (χ0n) is 26.4. The van der Waals surface area contributed by atoms with Crippen molar-refractivity contribution in [1.82, 2.24) is 25.5 Å². The fraction of sp³-hybridized carbons (Fsp3) is 0.567. The van der Waals surface area contributed by atoms with Gasteiger partial charge in [-0.3, -0.25) is 18.9 Å². The predicted molar refractivity (Wildman–Crippen MR) is 170 cm³/mol. The second kappa shape index (κ2) is 19.1. The van der Waals surface area contributed by atoms with Gasteiger partial charge in [0.2, 0.25) is 5.91 Å². The molecule has 1 unspecified atom stereocenters. The molecule has 0 spiro atoms. The van der Waals surface area contributed by atoms with Crippen molar-refractivity contribution in [3.05, 3.63) is 42.1 Å². The van der Waals surface area contributed by atoms with Gasteiger partial charge in [-0.2, -0.15) is 0 Å². The van der Waals surface area contributed by atoms with Crippen LogP contribution in [-0.2, 0) is 23.2 Å². The molecule has 0 aliphatic carbocycles. The van der Waals surface area contributed by atoms with E-state index >= 15 is 0 Å². The fourth-order valence-corrected chi connectivity index (χ4v) is 6.03. The van der Waals surface area contributed by atoms with Crippen LogP contribution in [0.5, 0.6) is 0 Å². The van der Waals surface area contributed by atoms with Crippen molar-refractivity contribution in [3.8, 4) is 11.4 Å². The van der Waals surface area contributed by atoms with Gasteiger partial charge in [0, 0.05) is 50.3 Å². The lowest BCUT2D eigenvalue weighted by molar-refractivity contribution is -0.137. The van der Waals surface area contributed by atoms with Crippen molar-refractivity contribution in [2.24, 2.45) is 0 Å². The van der Waals surface area contributed by atoms with Crippen LogP contribution in [0.15, 0.2) is 36.4 Å². The molecule has 2 aromatic rings. The lowest BCUT2D eigenvalue weighted by Crippen LogP contribution is -2.55. The molecular weight excluding hydrogens is 587 g/mol. The van der Waals surface area contributed by atoms with Crippen molar-refractivity contribution in [1.29, 1.82) is 0 Å².